The summed E-state index contributed by atoms with van der Waals surface area (Å²) in [5.41, 5.74) is 3.22. The molecule has 0 atom stereocenters. The predicted molar refractivity (Wildman–Crippen MR) is 125 cm³/mol. The summed E-state index contributed by atoms with van der Waals surface area (Å²) in [6.45, 7) is -0.225. The Bertz CT molecular complexity index is 1120. The quantitative estimate of drug-likeness (QED) is 0.200. The third kappa shape index (κ3) is 6.83. The number of hydrogen-bond donors (Lipinski definition) is 1. The van der Waals surface area contributed by atoms with Crippen molar-refractivity contribution in [2.75, 3.05) is 13.7 Å². The van der Waals surface area contributed by atoms with Gasteiger partial charge in [-0.2, -0.15) is 5.10 Å². The van der Waals surface area contributed by atoms with E-state index in [0.29, 0.717) is 27.6 Å². The highest BCUT2D eigenvalue weighted by Crippen LogP contribution is 2.23. The second-order valence-electron chi connectivity index (χ2n) is 6.34. The summed E-state index contributed by atoms with van der Waals surface area (Å²) < 4.78 is 16.7. The minimum absolute atomic E-state index is 0.225. The number of halogens is 2. The Hall–Kier alpha value is -3.36. The molecule has 0 saturated heterocycles. The molecule has 9 heteroatoms. The van der Waals surface area contributed by atoms with E-state index in [0.717, 1.165) is 4.47 Å². The Morgan fingerprint density at radius 3 is 2.41 bits per heavy atom. The number of hydrazone groups is 1. The van der Waals surface area contributed by atoms with Crippen LogP contribution < -0.4 is 19.6 Å². The van der Waals surface area contributed by atoms with Crippen LogP contribution in [0, 0.1) is 0 Å². The normalized spacial score (nSPS) is 10.6. The largest absolute Gasteiger partial charge is 0.497 e. The number of ether oxygens (including phenoxy) is 3. The Morgan fingerprint density at radius 2 is 1.72 bits per heavy atom. The average Bonchev–Trinajstić information content (AvgIpc) is 2.80. The summed E-state index contributed by atoms with van der Waals surface area (Å²) in [6.07, 6.45) is 1.38. The molecule has 0 heterocycles. The van der Waals surface area contributed by atoms with Crippen LogP contribution in [0.3, 0.4) is 0 Å². The topological polar surface area (TPSA) is 86.2 Å². The molecule has 0 spiro atoms. The second-order valence-corrected chi connectivity index (χ2v) is 7.69. The zero-order chi connectivity index (χ0) is 22.9. The number of benzene rings is 3. The summed E-state index contributed by atoms with van der Waals surface area (Å²) in [4.78, 5) is 24.4. The Morgan fingerprint density at radius 1 is 1.03 bits per heavy atom. The van der Waals surface area contributed by atoms with Crippen molar-refractivity contribution in [2.24, 2.45) is 5.10 Å². The van der Waals surface area contributed by atoms with Gasteiger partial charge in [-0.1, -0.05) is 27.5 Å². The van der Waals surface area contributed by atoms with Gasteiger partial charge in [0, 0.05) is 15.1 Å². The van der Waals surface area contributed by atoms with Crippen molar-refractivity contribution in [3.63, 3.8) is 0 Å². The van der Waals surface area contributed by atoms with Crippen molar-refractivity contribution in [1.82, 2.24) is 5.43 Å². The van der Waals surface area contributed by atoms with Gasteiger partial charge in [-0.3, -0.25) is 4.79 Å². The molecule has 0 radical (unpaired) electrons. The lowest BCUT2D eigenvalue weighted by Crippen LogP contribution is -2.24. The molecule has 0 bridgehead atoms. The molecule has 0 saturated carbocycles. The zero-order valence-electron chi connectivity index (χ0n) is 16.9. The highest BCUT2D eigenvalue weighted by atomic mass is 79.9. The maximum Gasteiger partial charge on any atom is 0.343 e. The van der Waals surface area contributed by atoms with Gasteiger partial charge >= 0.3 is 5.97 Å². The summed E-state index contributed by atoms with van der Waals surface area (Å²) in [5, 5.41) is 4.49. The number of hydrogen-bond acceptors (Lipinski definition) is 6. The van der Waals surface area contributed by atoms with Crippen molar-refractivity contribution in [3.8, 4) is 17.2 Å². The minimum Gasteiger partial charge on any atom is -0.497 e. The van der Waals surface area contributed by atoms with E-state index >= 15 is 0 Å². The van der Waals surface area contributed by atoms with Gasteiger partial charge in [0.15, 0.2) is 6.61 Å². The number of methoxy groups -OCH3 is 1. The molecule has 1 N–H and O–H groups in total. The third-order valence-corrected chi connectivity index (χ3v) is 4.82. The zero-order valence-corrected chi connectivity index (χ0v) is 19.2. The van der Waals surface area contributed by atoms with Gasteiger partial charge in [0.2, 0.25) is 0 Å². The first kappa shape index (κ1) is 23.3. The molecule has 0 aliphatic carbocycles. The molecule has 0 aliphatic rings. The van der Waals surface area contributed by atoms with Crippen molar-refractivity contribution < 1.29 is 23.8 Å². The van der Waals surface area contributed by atoms with Crippen LogP contribution in [0.2, 0.25) is 5.02 Å². The molecule has 0 aliphatic heterocycles. The fourth-order valence-corrected chi connectivity index (χ4v) is 2.99. The maximum atomic E-state index is 12.5. The highest BCUT2D eigenvalue weighted by Gasteiger charge is 2.12. The molecule has 0 unspecified atom stereocenters. The van der Waals surface area contributed by atoms with Crippen molar-refractivity contribution in [2.45, 2.75) is 0 Å². The van der Waals surface area contributed by atoms with Crippen LogP contribution >= 0.6 is 27.5 Å². The predicted octanol–water partition coefficient (Wildman–Crippen LogP) is 4.86. The average molecular weight is 518 g/mol. The molecule has 32 heavy (non-hydrogen) atoms. The number of nitrogens with zero attached hydrogens (tertiary/aromatic N) is 1. The van der Waals surface area contributed by atoms with E-state index in [9.17, 15) is 9.59 Å². The van der Waals surface area contributed by atoms with Crippen LogP contribution in [0.5, 0.6) is 17.2 Å². The molecule has 3 aromatic carbocycles. The molecule has 164 valence electrons. The monoisotopic (exact) mass is 516 g/mol. The van der Waals surface area contributed by atoms with Crippen LogP contribution in [0.15, 0.2) is 76.3 Å². The van der Waals surface area contributed by atoms with Crippen LogP contribution in [0.1, 0.15) is 15.9 Å². The third-order valence-electron chi connectivity index (χ3n) is 4.08. The van der Waals surface area contributed by atoms with Crippen molar-refractivity contribution in [3.05, 3.63) is 87.4 Å². The molecular weight excluding hydrogens is 500 g/mol. The molecule has 3 rings (SSSR count). The van der Waals surface area contributed by atoms with Gasteiger partial charge in [0.05, 0.1) is 18.9 Å². The van der Waals surface area contributed by atoms with E-state index < -0.39 is 11.9 Å². The standard InChI is InChI=1S/C23H18BrClN2O5/c1-30-19-7-2-15(3-8-19)23(29)32-21-11-4-17(24)12-16(21)13-26-27-22(28)14-31-20-9-5-18(25)6-10-20/h2-13H,14H2,1H3,(H,27,28)/b26-13-. The summed E-state index contributed by atoms with van der Waals surface area (Å²) in [5.74, 6) is 0.430. The number of carbonyl (C=O) groups is 2. The smallest absolute Gasteiger partial charge is 0.343 e. The molecule has 7 nitrogen and oxygen atoms in total. The lowest BCUT2D eigenvalue weighted by atomic mass is 10.2. The lowest BCUT2D eigenvalue weighted by Gasteiger charge is -2.09. The molecule has 0 aromatic heterocycles. The van der Waals surface area contributed by atoms with Gasteiger partial charge < -0.3 is 14.2 Å². The molecule has 3 aromatic rings. The Labute approximate surface area is 198 Å². The maximum absolute atomic E-state index is 12.5. The number of rotatable bonds is 8. The van der Waals surface area contributed by atoms with Crippen LogP contribution in [-0.4, -0.2) is 31.8 Å². The lowest BCUT2D eigenvalue weighted by molar-refractivity contribution is -0.123. The Kier molecular flexibility index (Phi) is 8.24. The van der Waals surface area contributed by atoms with Crippen molar-refractivity contribution in [1.29, 1.82) is 0 Å². The minimum atomic E-state index is -0.537. The van der Waals surface area contributed by atoms with Gasteiger partial charge in [-0.15, -0.1) is 0 Å². The van der Waals surface area contributed by atoms with Gasteiger partial charge in [-0.05, 0) is 66.7 Å². The first-order chi connectivity index (χ1) is 15.4. The molecular formula is C23H18BrClN2O5. The molecule has 1 amide bonds. The number of carbonyl (C=O) groups excluding carboxylic acids is 2. The fraction of sp³-hybridized carbons (Fsp3) is 0.0870. The number of nitrogens with one attached hydrogen (secondary N) is 1. The van der Waals surface area contributed by atoms with E-state index in [1.807, 2.05) is 0 Å². The SMILES string of the molecule is COc1ccc(C(=O)Oc2ccc(Br)cc2/C=N\NC(=O)COc2ccc(Cl)cc2)cc1. The van der Waals surface area contributed by atoms with Crippen LogP contribution in [0.25, 0.3) is 0 Å². The van der Waals surface area contributed by atoms with E-state index in [-0.39, 0.29) is 12.4 Å². The highest BCUT2D eigenvalue weighted by molar-refractivity contribution is 9.10. The van der Waals surface area contributed by atoms with E-state index in [1.54, 1.807) is 73.8 Å². The van der Waals surface area contributed by atoms with Gasteiger partial charge in [-0.25, -0.2) is 10.2 Å². The summed E-state index contributed by atoms with van der Waals surface area (Å²) in [6, 6.07) is 18.2. The fourth-order valence-electron chi connectivity index (χ4n) is 2.48. The Balaban J connectivity index is 1.61. The number of esters is 1. The van der Waals surface area contributed by atoms with Gasteiger partial charge in [0.25, 0.3) is 5.91 Å². The summed E-state index contributed by atoms with van der Waals surface area (Å²) in [7, 11) is 1.54. The first-order valence-corrected chi connectivity index (χ1v) is 10.5. The van der Waals surface area contributed by atoms with Crippen LogP contribution in [-0.2, 0) is 4.79 Å². The van der Waals surface area contributed by atoms with Crippen LogP contribution in [0.4, 0.5) is 0 Å². The van der Waals surface area contributed by atoms with E-state index in [4.69, 9.17) is 25.8 Å². The second kappa shape index (κ2) is 11.3. The molecule has 0 fully saturated rings. The first-order valence-electron chi connectivity index (χ1n) is 9.30. The summed E-state index contributed by atoms with van der Waals surface area (Å²) >= 11 is 9.18. The van der Waals surface area contributed by atoms with Crippen molar-refractivity contribution >= 4 is 45.6 Å². The van der Waals surface area contributed by atoms with E-state index in [2.05, 4.69) is 26.5 Å². The number of amides is 1. The van der Waals surface area contributed by atoms with Gasteiger partial charge in [0.1, 0.15) is 17.2 Å². The van der Waals surface area contributed by atoms with E-state index in [1.165, 1.54) is 6.21 Å².